The molecule has 0 atom stereocenters. The van der Waals surface area contributed by atoms with E-state index in [9.17, 15) is 5.11 Å². The number of aliphatic hydroxyl groups is 1. The van der Waals surface area contributed by atoms with Crippen LogP contribution in [0.15, 0.2) is 36.8 Å². The first-order valence-electron chi connectivity index (χ1n) is 7.93. The lowest BCUT2D eigenvalue weighted by atomic mass is 9.79. The van der Waals surface area contributed by atoms with Crippen molar-refractivity contribution in [3.63, 3.8) is 0 Å². The third kappa shape index (κ3) is 2.73. The maximum absolute atomic E-state index is 10.9. The highest BCUT2D eigenvalue weighted by Crippen LogP contribution is 2.44. The quantitative estimate of drug-likeness (QED) is 0.914. The first kappa shape index (κ1) is 14.7. The van der Waals surface area contributed by atoms with E-state index in [2.05, 4.69) is 15.0 Å². The number of nitrogens with zero attached hydrogens (tertiary/aromatic N) is 3. The number of rotatable bonds is 2. The van der Waals surface area contributed by atoms with E-state index in [1.165, 1.54) is 0 Å². The standard InChI is InChI=1S/C17H19N3O3/c21-16(4-6-17(7-5-16)22-10-11-23-17)14-3-2-13(12-20-14)15-18-8-1-9-19-15/h1-3,8-9,12,21H,4-7,10-11H2. The maximum Gasteiger partial charge on any atom is 0.168 e. The van der Waals surface area contributed by atoms with Crippen molar-refractivity contribution in [1.82, 2.24) is 15.0 Å². The summed E-state index contributed by atoms with van der Waals surface area (Å²) < 4.78 is 11.4. The monoisotopic (exact) mass is 313 g/mol. The smallest absolute Gasteiger partial charge is 0.168 e. The Morgan fingerprint density at radius 1 is 0.913 bits per heavy atom. The molecule has 2 aromatic heterocycles. The predicted molar refractivity (Wildman–Crippen MR) is 82.3 cm³/mol. The van der Waals surface area contributed by atoms with E-state index < -0.39 is 11.4 Å². The molecule has 2 aromatic rings. The van der Waals surface area contributed by atoms with Crippen LogP contribution in [0.1, 0.15) is 31.4 Å². The summed E-state index contributed by atoms with van der Waals surface area (Å²) in [6.45, 7) is 1.28. The van der Waals surface area contributed by atoms with E-state index >= 15 is 0 Å². The molecule has 4 rings (SSSR count). The zero-order valence-electron chi connectivity index (χ0n) is 12.8. The molecule has 0 bridgehead atoms. The molecule has 0 amide bonds. The van der Waals surface area contributed by atoms with Crippen molar-refractivity contribution >= 4 is 0 Å². The normalized spacial score (nSPS) is 22.3. The van der Waals surface area contributed by atoms with Crippen LogP contribution in [0.3, 0.4) is 0 Å². The number of pyridine rings is 1. The minimum absolute atomic E-state index is 0.482. The minimum atomic E-state index is -0.920. The van der Waals surface area contributed by atoms with Gasteiger partial charge in [0.05, 0.1) is 18.9 Å². The molecule has 120 valence electrons. The van der Waals surface area contributed by atoms with E-state index in [1.54, 1.807) is 24.7 Å². The van der Waals surface area contributed by atoms with E-state index in [-0.39, 0.29) is 0 Å². The van der Waals surface area contributed by atoms with E-state index in [0.717, 1.165) is 5.56 Å². The summed E-state index contributed by atoms with van der Waals surface area (Å²) in [4.78, 5) is 12.9. The van der Waals surface area contributed by atoms with Crippen molar-refractivity contribution in [2.75, 3.05) is 13.2 Å². The fourth-order valence-corrected chi connectivity index (χ4v) is 3.34. The molecule has 2 aliphatic rings. The number of hydrogen-bond donors (Lipinski definition) is 1. The third-order valence-corrected chi connectivity index (χ3v) is 4.72. The second-order valence-electron chi connectivity index (χ2n) is 6.14. The molecule has 0 unspecified atom stereocenters. The number of aromatic nitrogens is 3. The first-order valence-corrected chi connectivity index (χ1v) is 7.93. The zero-order chi connectivity index (χ0) is 15.8. The van der Waals surface area contributed by atoms with Gasteiger partial charge in [-0.05, 0) is 31.0 Å². The lowest BCUT2D eigenvalue weighted by molar-refractivity contribution is -0.204. The largest absolute Gasteiger partial charge is 0.384 e. The third-order valence-electron chi connectivity index (χ3n) is 4.72. The molecule has 3 heterocycles. The van der Waals surface area contributed by atoms with Gasteiger partial charge < -0.3 is 14.6 Å². The van der Waals surface area contributed by atoms with Crippen LogP contribution in [-0.4, -0.2) is 39.1 Å². The summed E-state index contributed by atoms with van der Waals surface area (Å²) in [6.07, 6.45) is 7.67. The summed E-state index contributed by atoms with van der Waals surface area (Å²) >= 11 is 0. The maximum atomic E-state index is 10.9. The summed E-state index contributed by atoms with van der Waals surface area (Å²) in [5.41, 5.74) is 0.606. The van der Waals surface area contributed by atoms with E-state index in [0.29, 0.717) is 50.4 Å². The highest BCUT2D eigenvalue weighted by molar-refractivity contribution is 5.52. The van der Waals surface area contributed by atoms with Gasteiger partial charge in [0, 0.05) is 37.0 Å². The predicted octanol–water partition coefficient (Wildman–Crippen LogP) is 2.04. The molecule has 1 spiro atoms. The average Bonchev–Trinajstić information content (AvgIpc) is 3.08. The molecule has 1 aliphatic heterocycles. The van der Waals surface area contributed by atoms with Crippen LogP contribution in [0.2, 0.25) is 0 Å². The van der Waals surface area contributed by atoms with Gasteiger partial charge in [0.15, 0.2) is 11.6 Å². The minimum Gasteiger partial charge on any atom is -0.384 e. The van der Waals surface area contributed by atoms with Crippen molar-refractivity contribution in [2.45, 2.75) is 37.1 Å². The molecule has 1 N–H and O–H groups in total. The molecule has 0 aromatic carbocycles. The summed E-state index contributed by atoms with van der Waals surface area (Å²) in [5, 5.41) is 10.9. The number of ether oxygens (including phenoxy) is 2. The molecule has 2 fully saturated rings. The first-order chi connectivity index (χ1) is 11.2. The van der Waals surface area contributed by atoms with Gasteiger partial charge in [0.2, 0.25) is 0 Å². The highest BCUT2D eigenvalue weighted by atomic mass is 16.7. The molecule has 1 saturated carbocycles. The Bertz CT molecular complexity index is 659. The molecular formula is C17H19N3O3. The van der Waals surface area contributed by atoms with Crippen LogP contribution in [0.25, 0.3) is 11.4 Å². The van der Waals surface area contributed by atoms with Crippen molar-refractivity contribution in [1.29, 1.82) is 0 Å². The van der Waals surface area contributed by atoms with Gasteiger partial charge in [-0.15, -0.1) is 0 Å². The van der Waals surface area contributed by atoms with Gasteiger partial charge in [-0.2, -0.15) is 0 Å². The van der Waals surface area contributed by atoms with Gasteiger partial charge in [-0.25, -0.2) is 9.97 Å². The van der Waals surface area contributed by atoms with Gasteiger partial charge in [0.25, 0.3) is 0 Å². The summed E-state index contributed by atoms with van der Waals surface area (Å²) in [7, 11) is 0. The molecule has 23 heavy (non-hydrogen) atoms. The molecule has 1 aliphatic carbocycles. The zero-order valence-corrected chi connectivity index (χ0v) is 12.8. The Morgan fingerprint density at radius 3 is 2.22 bits per heavy atom. The lowest BCUT2D eigenvalue weighted by Crippen LogP contribution is -2.42. The van der Waals surface area contributed by atoms with Crippen molar-refractivity contribution in [2.24, 2.45) is 0 Å². The van der Waals surface area contributed by atoms with Crippen LogP contribution in [0.5, 0.6) is 0 Å². The molecule has 0 radical (unpaired) electrons. The fraction of sp³-hybridized carbons (Fsp3) is 0.471. The van der Waals surface area contributed by atoms with Crippen LogP contribution in [-0.2, 0) is 15.1 Å². The fourth-order valence-electron chi connectivity index (χ4n) is 3.34. The van der Waals surface area contributed by atoms with Gasteiger partial charge in [-0.1, -0.05) is 0 Å². The molecule has 6 nitrogen and oxygen atoms in total. The lowest BCUT2D eigenvalue weighted by Gasteiger charge is -2.40. The van der Waals surface area contributed by atoms with E-state index in [4.69, 9.17) is 9.47 Å². The second-order valence-corrected chi connectivity index (χ2v) is 6.14. The SMILES string of the molecule is OC1(c2ccc(-c3ncccn3)cn2)CCC2(CC1)OCCO2. The Morgan fingerprint density at radius 2 is 1.61 bits per heavy atom. The number of hydrogen-bond acceptors (Lipinski definition) is 6. The second kappa shape index (κ2) is 5.63. The Kier molecular flexibility index (Phi) is 3.60. The van der Waals surface area contributed by atoms with Crippen molar-refractivity contribution in [3.8, 4) is 11.4 Å². The topological polar surface area (TPSA) is 77.4 Å². The van der Waals surface area contributed by atoms with Crippen LogP contribution in [0, 0.1) is 0 Å². The van der Waals surface area contributed by atoms with Crippen molar-refractivity contribution in [3.05, 3.63) is 42.5 Å². The summed E-state index contributed by atoms with van der Waals surface area (Å²) in [5.74, 6) is 0.151. The van der Waals surface area contributed by atoms with Crippen LogP contribution in [0.4, 0.5) is 0 Å². The van der Waals surface area contributed by atoms with Crippen LogP contribution < -0.4 is 0 Å². The molecular weight excluding hydrogens is 294 g/mol. The highest BCUT2D eigenvalue weighted by Gasteiger charge is 2.46. The van der Waals surface area contributed by atoms with Crippen molar-refractivity contribution < 1.29 is 14.6 Å². The summed E-state index contributed by atoms with van der Waals surface area (Å²) in [6, 6.07) is 5.54. The Labute approximate surface area is 134 Å². The van der Waals surface area contributed by atoms with Gasteiger partial charge in [0.1, 0.15) is 5.60 Å². The van der Waals surface area contributed by atoms with Crippen LogP contribution >= 0.6 is 0 Å². The molecule has 1 saturated heterocycles. The molecule has 6 heteroatoms. The van der Waals surface area contributed by atoms with E-state index in [1.807, 2.05) is 12.1 Å². The Balaban J connectivity index is 1.52. The Hall–Kier alpha value is -1.89. The van der Waals surface area contributed by atoms with Gasteiger partial charge in [-0.3, -0.25) is 4.98 Å². The average molecular weight is 313 g/mol. The van der Waals surface area contributed by atoms with Gasteiger partial charge >= 0.3 is 0 Å².